The molecule has 1 unspecified atom stereocenters. The highest BCUT2D eigenvalue weighted by Gasteiger charge is 2.19. The highest BCUT2D eigenvalue weighted by Crippen LogP contribution is 2.26. The second-order valence-corrected chi connectivity index (χ2v) is 5.75. The summed E-state index contributed by atoms with van der Waals surface area (Å²) < 4.78 is 15.9. The third-order valence-corrected chi connectivity index (χ3v) is 3.70. The summed E-state index contributed by atoms with van der Waals surface area (Å²) in [7, 11) is 0. The number of benzene rings is 1. The number of hydrogen-bond donors (Lipinski definition) is 1. The van der Waals surface area contributed by atoms with Crippen LogP contribution in [0.3, 0.4) is 0 Å². The number of halogens is 2. The molecule has 0 aliphatic heterocycles. The molecule has 114 valence electrons. The minimum atomic E-state index is -0.282. The summed E-state index contributed by atoms with van der Waals surface area (Å²) in [6.07, 6.45) is 1.73. The molecule has 2 rings (SSSR count). The van der Waals surface area contributed by atoms with Crippen molar-refractivity contribution in [3.63, 3.8) is 0 Å². The van der Waals surface area contributed by atoms with Gasteiger partial charge >= 0.3 is 0 Å². The fraction of sp³-hybridized carbons (Fsp3) is 0.467. The Labute approximate surface area is 129 Å². The van der Waals surface area contributed by atoms with Crippen molar-refractivity contribution >= 4 is 11.6 Å². The number of hydrogen-bond acceptors (Lipinski definition) is 3. The summed E-state index contributed by atoms with van der Waals surface area (Å²) in [6.45, 7) is 7.48. The Morgan fingerprint density at radius 3 is 2.76 bits per heavy atom. The first-order valence-electron chi connectivity index (χ1n) is 7.08. The van der Waals surface area contributed by atoms with Gasteiger partial charge in [0.05, 0.1) is 11.9 Å². The van der Waals surface area contributed by atoms with Crippen LogP contribution in [-0.4, -0.2) is 15.0 Å². The van der Waals surface area contributed by atoms with Crippen molar-refractivity contribution in [2.75, 3.05) is 0 Å². The van der Waals surface area contributed by atoms with E-state index in [1.54, 1.807) is 18.3 Å². The Balaban J connectivity index is 2.16. The fourth-order valence-electron chi connectivity index (χ4n) is 2.36. The van der Waals surface area contributed by atoms with Crippen LogP contribution in [0, 0.1) is 11.7 Å². The lowest BCUT2D eigenvalue weighted by molar-refractivity contribution is 0.389. The summed E-state index contributed by atoms with van der Waals surface area (Å²) >= 11 is 5.82. The van der Waals surface area contributed by atoms with Crippen LogP contribution >= 0.6 is 11.6 Å². The largest absolute Gasteiger partial charge is 0.304 e. The van der Waals surface area contributed by atoms with Crippen LogP contribution in [0.1, 0.15) is 38.1 Å². The van der Waals surface area contributed by atoms with Crippen LogP contribution in [0.5, 0.6) is 0 Å². The van der Waals surface area contributed by atoms with Crippen LogP contribution in [-0.2, 0) is 13.1 Å². The monoisotopic (exact) mass is 310 g/mol. The summed E-state index contributed by atoms with van der Waals surface area (Å²) in [4.78, 5) is 0. The lowest BCUT2D eigenvalue weighted by Gasteiger charge is -2.23. The molecule has 0 aliphatic rings. The summed E-state index contributed by atoms with van der Waals surface area (Å²) in [6, 6.07) is 4.72. The van der Waals surface area contributed by atoms with E-state index in [-0.39, 0.29) is 17.8 Å². The molecule has 1 atom stereocenters. The lowest BCUT2D eigenvalue weighted by Crippen LogP contribution is -2.27. The third kappa shape index (κ3) is 3.80. The minimum Gasteiger partial charge on any atom is -0.304 e. The smallest absolute Gasteiger partial charge is 0.129 e. The van der Waals surface area contributed by atoms with Gasteiger partial charge in [0.1, 0.15) is 5.82 Å². The molecule has 1 aromatic heterocycles. The average Bonchev–Trinajstić information content (AvgIpc) is 2.88. The molecule has 0 bridgehead atoms. The standard InChI is InChI=1S/C15H20ClFN4/c1-4-21-12(9-19-20-21)8-18-15(10(2)3)13-6-5-11(16)7-14(13)17/h5-7,9-10,15,18H,4,8H2,1-3H3. The van der Waals surface area contributed by atoms with Gasteiger partial charge in [-0.3, -0.25) is 0 Å². The van der Waals surface area contributed by atoms with Gasteiger partial charge in [0.15, 0.2) is 0 Å². The van der Waals surface area contributed by atoms with E-state index in [1.165, 1.54) is 6.07 Å². The molecule has 0 amide bonds. The number of aryl methyl sites for hydroxylation is 1. The molecular formula is C15H20ClFN4. The SMILES string of the molecule is CCn1nncc1CNC(c1ccc(Cl)cc1F)C(C)C. The molecule has 6 heteroatoms. The van der Waals surface area contributed by atoms with E-state index in [2.05, 4.69) is 29.5 Å². The van der Waals surface area contributed by atoms with Crippen molar-refractivity contribution in [1.29, 1.82) is 0 Å². The molecule has 1 aromatic carbocycles. The molecule has 4 nitrogen and oxygen atoms in total. The predicted molar refractivity (Wildman–Crippen MR) is 81.5 cm³/mol. The van der Waals surface area contributed by atoms with E-state index in [0.29, 0.717) is 17.1 Å². The number of nitrogens with zero attached hydrogens (tertiary/aromatic N) is 3. The van der Waals surface area contributed by atoms with E-state index in [4.69, 9.17) is 11.6 Å². The van der Waals surface area contributed by atoms with Gasteiger partial charge in [-0.25, -0.2) is 9.07 Å². The number of aromatic nitrogens is 3. The maximum absolute atomic E-state index is 14.1. The maximum atomic E-state index is 14.1. The molecule has 0 radical (unpaired) electrons. The first kappa shape index (κ1) is 15.9. The fourth-order valence-corrected chi connectivity index (χ4v) is 2.51. The van der Waals surface area contributed by atoms with E-state index in [1.807, 2.05) is 11.6 Å². The molecule has 0 aliphatic carbocycles. The van der Waals surface area contributed by atoms with Gasteiger partial charge in [0.25, 0.3) is 0 Å². The minimum absolute atomic E-state index is 0.0949. The van der Waals surface area contributed by atoms with Crippen molar-refractivity contribution in [3.05, 3.63) is 46.5 Å². The van der Waals surface area contributed by atoms with Crippen LogP contribution in [0.25, 0.3) is 0 Å². The molecule has 0 spiro atoms. The van der Waals surface area contributed by atoms with Crippen molar-refractivity contribution in [2.45, 2.75) is 39.9 Å². The highest BCUT2D eigenvalue weighted by atomic mass is 35.5. The first-order chi connectivity index (χ1) is 10.0. The van der Waals surface area contributed by atoms with E-state index in [9.17, 15) is 4.39 Å². The van der Waals surface area contributed by atoms with Gasteiger partial charge < -0.3 is 5.32 Å². The van der Waals surface area contributed by atoms with E-state index >= 15 is 0 Å². The Hall–Kier alpha value is -1.46. The molecule has 21 heavy (non-hydrogen) atoms. The molecule has 2 aromatic rings. The van der Waals surface area contributed by atoms with Crippen LogP contribution in [0.15, 0.2) is 24.4 Å². The van der Waals surface area contributed by atoms with Gasteiger partial charge in [0.2, 0.25) is 0 Å². The highest BCUT2D eigenvalue weighted by molar-refractivity contribution is 6.30. The Bertz CT molecular complexity index is 597. The summed E-state index contributed by atoms with van der Waals surface area (Å²) in [5, 5.41) is 11.7. The molecular weight excluding hydrogens is 291 g/mol. The lowest BCUT2D eigenvalue weighted by atomic mass is 9.95. The Morgan fingerprint density at radius 2 is 2.14 bits per heavy atom. The van der Waals surface area contributed by atoms with Gasteiger partial charge in [-0.15, -0.1) is 5.10 Å². The first-order valence-corrected chi connectivity index (χ1v) is 7.46. The van der Waals surface area contributed by atoms with Gasteiger partial charge in [-0.05, 0) is 25.0 Å². The summed E-state index contributed by atoms with van der Waals surface area (Å²) in [5.41, 5.74) is 1.61. The van der Waals surface area contributed by atoms with Crippen molar-refractivity contribution in [3.8, 4) is 0 Å². The molecule has 1 N–H and O–H groups in total. The normalized spacial score (nSPS) is 12.9. The second-order valence-electron chi connectivity index (χ2n) is 5.31. The van der Waals surface area contributed by atoms with Crippen LogP contribution in [0.4, 0.5) is 4.39 Å². The van der Waals surface area contributed by atoms with Gasteiger partial charge in [-0.1, -0.05) is 36.7 Å². The van der Waals surface area contributed by atoms with Crippen LogP contribution in [0.2, 0.25) is 5.02 Å². The van der Waals surface area contributed by atoms with Gasteiger partial charge in [-0.2, -0.15) is 0 Å². The number of rotatable bonds is 6. The topological polar surface area (TPSA) is 42.7 Å². The molecule has 1 heterocycles. The predicted octanol–water partition coefficient (Wildman–Crippen LogP) is 3.58. The quantitative estimate of drug-likeness (QED) is 0.887. The van der Waals surface area contributed by atoms with Crippen molar-refractivity contribution < 1.29 is 4.39 Å². The summed E-state index contributed by atoms with van der Waals surface area (Å²) in [5.74, 6) is -0.0394. The van der Waals surface area contributed by atoms with Gasteiger partial charge in [0, 0.05) is 29.7 Å². The van der Waals surface area contributed by atoms with Crippen LogP contribution < -0.4 is 5.32 Å². The number of nitrogens with one attached hydrogen (secondary N) is 1. The second kappa shape index (κ2) is 7.00. The zero-order chi connectivity index (χ0) is 15.4. The Morgan fingerprint density at radius 1 is 1.38 bits per heavy atom. The average molecular weight is 311 g/mol. The Kier molecular flexibility index (Phi) is 5.31. The van der Waals surface area contributed by atoms with Crippen molar-refractivity contribution in [1.82, 2.24) is 20.3 Å². The molecule has 0 saturated heterocycles. The maximum Gasteiger partial charge on any atom is 0.129 e. The van der Waals surface area contributed by atoms with E-state index in [0.717, 1.165) is 12.2 Å². The third-order valence-electron chi connectivity index (χ3n) is 3.46. The van der Waals surface area contributed by atoms with E-state index < -0.39 is 0 Å². The zero-order valence-electron chi connectivity index (χ0n) is 12.5. The van der Waals surface area contributed by atoms with Crippen molar-refractivity contribution in [2.24, 2.45) is 5.92 Å². The zero-order valence-corrected chi connectivity index (χ0v) is 13.2. The molecule has 0 saturated carbocycles. The molecule has 0 fully saturated rings.